The van der Waals surface area contributed by atoms with Gasteiger partial charge in [0.1, 0.15) is 5.56 Å². The van der Waals surface area contributed by atoms with Gasteiger partial charge >= 0.3 is 0 Å². The molecule has 3 aromatic rings. The molecular formula is C24H31ClN4O5S. The lowest BCUT2D eigenvalue weighted by Gasteiger charge is -2.25. The van der Waals surface area contributed by atoms with Crippen molar-refractivity contribution in [1.29, 1.82) is 0 Å². The Bertz CT molecular complexity index is 1210. The van der Waals surface area contributed by atoms with Crippen molar-refractivity contribution in [1.82, 2.24) is 9.88 Å². The average molecular weight is 523 g/mol. The van der Waals surface area contributed by atoms with Gasteiger partial charge in [-0.1, -0.05) is 31.3 Å². The number of carbonyl (C=O) groups excluding carboxylic acids is 1. The van der Waals surface area contributed by atoms with Crippen LogP contribution in [0.1, 0.15) is 35.3 Å². The molecule has 0 aliphatic rings. The summed E-state index contributed by atoms with van der Waals surface area (Å²) in [7, 11) is 2.82. The molecule has 1 heterocycles. The number of halogens is 1. The molecule has 190 valence electrons. The summed E-state index contributed by atoms with van der Waals surface area (Å²) in [4.78, 5) is 33.6. The van der Waals surface area contributed by atoms with E-state index in [1.807, 2.05) is 19.9 Å². The third kappa shape index (κ3) is 6.01. The number of ether oxygens (including phenoxy) is 2. The Labute approximate surface area is 215 Å². The lowest BCUT2D eigenvalue weighted by molar-refractivity contribution is -0.385. The van der Waals surface area contributed by atoms with Crippen LogP contribution >= 0.6 is 23.7 Å². The molecule has 9 nitrogen and oxygen atoms in total. The molecule has 0 radical (unpaired) electrons. The van der Waals surface area contributed by atoms with Crippen LogP contribution in [0.4, 0.5) is 10.8 Å². The van der Waals surface area contributed by atoms with E-state index in [1.165, 1.54) is 42.6 Å². The second-order valence-electron chi connectivity index (χ2n) is 7.89. The quantitative estimate of drug-likeness (QED) is 0.265. The third-order valence-corrected chi connectivity index (χ3v) is 6.98. The first kappa shape index (κ1) is 28.3. The van der Waals surface area contributed by atoms with E-state index in [-0.39, 0.29) is 35.2 Å². The number of aromatic nitrogens is 1. The highest BCUT2D eigenvalue weighted by Gasteiger charge is 2.30. The molecule has 35 heavy (non-hydrogen) atoms. The SMILES string of the molecule is CCN(CC)CCN(C(=O)c1cc(OC)c(OC)cc1[N+](=O)[O-])c1nc2cc(C)cc(C)c2s1.Cl. The summed E-state index contributed by atoms with van der Waals surface area (Å²) in [6.07, 6.45) is 0. The lowest BCUT2D eigenvalue weighted by atomic mass is 10.1. The van der Waals surface area contributed by atoms with Gasteiger partial charge in [0, 0.05) is 19.2 Å². The number of benzene rings is 2. The summed E-state index contributed by atoms with van der Waals surface area (Å²) in [5.41, 5.74) is 2.54. The Morgan fingerprint density at radius 1 is 1.06 bits per heavy atom. The van der Waals surface area contributed by atoms with Crippen molar-refractivity contribution in [3.63, 3.8) is 0 Å². The van der Waals surface area contributed by atoms with Crippen molar-refractivity contribution in [2.45, 2.75) is 27.7 Å². The number of hydrogen-bond donors (Lipinski definition) is 0. The molecular weight excluding hydrogens is 492 g/mol. The van der Waals surface area contributed by atoms with Crippen LogP contribution in [0, 0.1) is 24.0 Å². The fraction of sp³-hybridized carbons (Fsp3) is 0.417. The fourth-order valence-corrected chi connectivity index (χ4v) is 4.92. The molecule has 0 saturated carbocycles. The number of rotatable bonds is 10. The first-order valence-electron chi connectivity index (χ1n) is 11.1. The fourth-order valence-electron chi connectivity index (χ4n) is 3.88. The zero-order valence-electron chi connectivity index (χ0n) is 20.8. The van der Waals surface area contributed by atoms with Crippen LogP contribution in [-0.2, 0) is 0 Å². The van der Waals surface area contributed by atoms with Crippen molar-refractivity contribution in [2.75, 3.05) is 45.3 Å². The van der Waals surface area contributed by atoms with E-state index < -0.39 is 10.8 Å². The smallest absolute Gasteiger partial charge is 0.286 e. The van der Waals surface area contributed by atoms with Gasteiger partial charge in [-0.3, -0.25) is 19.8 Å². The van der Waals surface area contributed by atoms with Gasteiger partial charge in [-0.2, -0.15) is 0 Å². The predicted octanol–water partition coefficient (Wildman–Crippen LogP) is 5.25. The van der Waals surface area contributed by atoms with E-state index in [0.717, 1.165) is 34.4 Å². The molecule has 0 atom stereocenters. The van der Waals surface area contributed by atoms with Crippen LogP contribution in [-0.4, -0.2) is 61.1 Å². The number of nitrogens with zero attached hydrogens (tertiary/aromatic N) is 4. The molecule has 0 N–H and O–H groups in total. The van der Waals surface area contributed by atoms with E-state index in [9.17, 15) is 14.9 Å². The largest absolute Gasteiger partial charge is 0.493 e. The second kappa shape index (κ2) is 12.1. The van der Waals surface area contributed by atoms with Crippen molar-refractivity contribution < 1.29 is 19.2 Å². The monoisotopic (exact) mass is 522 g/mol. The van der Waals surface area contributed by atoms with Crippen LogP contribution in [0.15, 0.2) is 24.3 Å². The zero-order chi connectivity index (χ0) is 25.0. The molecule has 2 aromatic carbocycles. The van der Waals surface area contributed by atoms with Crippen molar-refractivity contribution in [3.05, 3.63) is 51.1 Å². The maximum Gasteiger partial charge on any atom is 0.286 e. The van der Waals surface area contributed by atoms with Gasteiger partial charge in [0.2, 0.25) is 0 Å². The minimum atomic E-state index is -0.580. The zero-order valence-corrected chi connectivity index (χ0v) is 22.4. The molecule has 0 bridgehead atoms. The standard InChI is InChI=1S/C24H30N4O5S.ClH/c1-7-26(8-2)9-10-27(24-25-18-12-15(3)11-16(4)22(18)34-24)23(29)17-13-20(32-5)21(33-6)14-19(17)28(30)31;/h11-14H,7-10H2,1-6H3;1H. The first-order valence-corrected chi connectivity index (χ1v) is 11.9. The number of hydrogen-bond acceptors (Lipinski definition) is 8. The molecule has 0 unspecified atom stereocenters. The van der Waals surface area contributed by atoms with E-state index >= 15 is 0 Å². The minimum absolute atomic E-state index is 0. The predicted molar refractivity (Wildman–Crippen MR) is 142 cm³/mol. The summed E-state index contributed by atoms with van der Waals surface area (Å²) in [6.45, 7) is 10.7. The van der Waals surface area contributed by atoms with Gasteiger partial charge in [0.05, 0.1) is 35.4 Å². The molecule has 11 heteroatoms. The Morgan fingerprint density at radius 2 is 1.69 bits per heavy atom. The highest BCUT2D eigenvalue weighted by Crippen LogP contribution is 2.37. The van der Waals surface area contributed by atoms with Crippen LogP contribution < -0.4 is 14.4 Å². The number of methoxy groups -OCH3 is 2. The number of likely N-dealkylation sites (N-methyl/N-ethyl adjacent to an activating group) is 1. The summed E-state index contributed by atoms with van der Waals surface area (Å²) >= 11 is 1.41. The van der Waals surface area contributed by atoms with Crippen LogP contribution in [0.25, 0.3) is 10.2 Å². The van der Waals surface area contributed by atoms with Gasteiger partial charge in [-0.25, -0.2) is 4.98 Å². The maximum atomic E-state index is 13.8. The molecule has 1 amide bonds. The van der Waals surface area contributed by atoms with E-state index in [4.69, 9.17) is 14.5 Å². The summed E-state index contributed by atoms with van der Waals surface area (Å²) in [5.74, 6) is -0.0734. The number of amides is 1. The molecule has 3 rings (SSSR count). The Kier molecular flexibility index (Phi) is 9.82. The van der Waals surface area contributed by atoms with E-state index in [0.29, 0.717) is 18.2 Å². The van der Waals surface area contributed by atoms with Crippen molar-refractivity contribution in [2.24, 2.45) is 0 Å². The maximum absolute atomic E-state index is 13.8. The number of fused-ring (bicyclic) bond motifs is 1. The topological polar surface area (TPSA) is 98.0 Å². The number of carbonyl (C=O) groups is 1. The highest BCUT2D eigenvalue weighted by molar-refractivity contribution is 7.22. The van der Waals surface area contributed by atoms with E-state index in [1.54, 1.807) is 0 Å². The minimum Gasteiger partial charge on any atom is -0.493 e. The molecule has 0 spiro atoms. The number of nitro groups is 1. The van der Waals surface area contributed by atoms with Crippen LogP contribution in [0.5, 0.6) is 11.5 Å². The molecule has 1 aromatic heterocycles. The van der Waals surface area contributed by atoms with Gasteiger partial charge < -0.3 is 14.4 Å². The third-order valence-electron chi connectivity index (χ3n) is 5.75. The Morgan fingerprint density at radius 3 is 2.26 bits per heavy atom. The summed E-state index contributed by atoms with van der Waals surface area (Å²) in [5, 5.41) is 12.4. The molecule has 0 fully saturated rings. The number of nitro benzene ring substituents is 1. The van der Waals surface area contributed by atoms with Gasteiger partial charge in [-0.15, -0.1) is 12.4 Å². The molecule has 0 aliphatic carbocycles. The van der Waals surface area contributed by atoms with Crippen LogP contribution in [0.3, 0.4) is 0 Å². The molecule has 0 aliphatic heterocycles. The normalized spacial score (nSPS) is 10.8. The summed E-state index contributed by atoms with van der Waals surface area (Å²) in [6, 6.07) is 6.65. The Balaban J connectivity index is 0.00000432. The molecule has 0 saturated heterocycles. The average Bonchev–Trinajstić information content (AvgIpc) is 3.24. The highest BCUT2D eigenvalue weighted by atomic mass is 35.5. The second-order valence-corrected chi connectivity index (χ2v) is 8.87. The van der Waals surface area contributed by atoms with Gasteiger partial charge in [0.15, 0.2) is 16.6 Å². The number of thiazole rings is 1. The Hall–Kier alpha value is -2.95. The van der Waals surface area contributed by atoms with Gasteiger partial charge in [-0.05, 0) is 44.1 Å². The number of anilines is 1. The van der Waals surface area contributed by atoms with Crippen molar-refractivity contribution in [3.8, 4) is 11.5 Å². The summed E-state index contributed by atoms with van der Waals surface area (Å²) < 4.78 is 11.5. The van der Waals surface area contributed by atoms with Crippen molar-refractivity contribution >= 4 is 50.7 Å². The van der Waals surface area contributed by atoms with Gasteiger partial charge in [0.25, 0.3) is 11.6 Å². The number of aryl methyl sites for hydroxylation is 2. The van der Waals surface area contributed by atoms with E-state index in [2.05, 4.69) is 24.8 Å². The lowest BCUT2D eigenvalue weighted by Crippen LogP contribution is -2.39. The first-order chi connectivity index (χ1) is 16.2. The van der Waals surface area contributed by atoms with Crippen LogP contribution in [0.2, 0.25) is 0 Å².